The molecule has 0 radical (unpaired) electrons. The molecule has 6 rings (SSSR count). The molecule has 10 heteroatoms. The number of benzene rings is 2. The lowest BCUT2D eigenvalue weighted by molar-refractivity contribution is -0.131. The van der Waals surface area contributed by atoms with Crippen LogP contribution in [0.4, 0.5) is 10.2 Å². The highest BCUT2D eigenvalue weighted by Gasteiger charge is 2.37. The summed E-state index contributed by atoms with van der Waals surface area (Å²) in [6, 6.07) is 14.7. The molecule has 3 aromatic rings. The molecule has 0 aliphatic carbocycles. The van der Waals surface area contributed by atoms with Gasteiger partial charge in [0.2, 0.25) is 6.54 Å². The van der Waals surface area contributed by atoms with E-state index in [-0.39, 0.29) is 19.2 Å². The van der Waals surface area contributed by atoms with Gasteiger partial charge in [-0.05, 0) is 42.8 Å². The number of hydrogen-bond donors (Lipinski definition) is 0. The van der Waals surface area contributed by atoms with Crippen molar-refractivity contribution in [3.05, 3.63) is 83.1 Å². The summed E-state index contributed by atoms with van der Waals surface area (Å²) in [7, 11) is 2.11. The largest absolute Gasteiger partial charge is 0.462 e. The minimum Gasteiger partial charge on any atom is -0.462 e. The van der Waals surface area contributed by atoms with E-state index >= 15 is 0 Å². The van der Waals surface area contributed by atoms with E-state index in [1.807, 2.05) is 12.1 Å². The van der Waals surface area contributed by atoms with Crippen molar-refractivity contribution >= 4 is 22.5 Å². The summed E-state index contributed by atoms with van der Waals surface area (Å²) >= 11 is 0. The lowest BCUT2D eigenvalue weighted by atomic mass is 9.94. The van der Waals surface area contributed by atoms with Crippen molar-refractivity contribution in [2.75, 3.05) is 51.3 Å². The van der Waals surface area contributed by atoms with Crippen molar-refractivity contribution in [3.63, 3.8) is 0 Å². The molecule has 3 aliphatic rings. The van der Waals surface area contributed by atoms with E-state index in [2.05, 4.69) is 58.6 Å². The maximum absolute atomic E-state index is 13.8. The third-order valence-corrected chi connectivity index (χ3v) is 8.68. The molecule has 42 heavy (non-hydrogen) atoms. The lowest BCUT2D eigenvalue weighted by Crippen LogP contribution is -2.57. The lowest BCUT2D eigenvalue weighted by Gasteiger charge is -2.40. The molecule has 1 unspecified atom stereocenters. The topological polar surface area (TPSA) is 75.4 Å². The Morgan fingerprint density at radius 1 is 1.17 bits per heavy atom. The number of ether oxygens (including phenoxy) is 2. The number of amides is 1. The van der Waals surface area contributed by atoms with Crippen LogP contribution in [0.2, 0.25) is 0 Å². The molecule has 0 bridgehead atoms. The van der Waals surface area contributed by atoms with Crippen molar-refractivity contribution in [3.8, 4) is 6.01 Å². The fourth-order valence-electron chi connectivity index (χ4n) is 6.38. The summed E-state index contributed by atoms with van der Waals surface area (Å²) in [4.78, 5) is 31.5. The first-order chi connectivity index (χ1) is 20.4. The smallest absolute Gasteiger partial charge is 0.318 e. The van der Waals surface area contributed by atoms with Gasteiger partial charge in [-0.2, -0.15) is 9.97 Å². The Labute approximate surface area is 245 Å². The third kappa shape index (κ3) is 5.54. The first-order valence-corrected chi connectivity index (χ1v) is 14.5. The Balaban J connectivity index is 1.32. The molecule has 1 amide bonds. The van der Waals surface area contributed by atoms with Crippen molar-refractivity contribution in [2.24, 2.45) is 0 Å². The number of piperazine rings is 1. The minimum absolute atomic E-state index is 0.0554. The highest BCUT2D eigenvalue weighted by atomic mass is 19.1. The standard InChI is InChI=1S/C32H35FN6O3/c1-21(33)31(40)39-15-14-38(18-24(39)17-34-2)30-27-20-41-29(26-12-6-9-22-8-4-5-11-25(22)26)16-28(27)35-32(36-30)42-19-23-10-7-13-37(23)3/h4-6,8-9,11-12,23-24,29H,1,7,10,13-20H2,3H3/t23-,24-,29?/m0/s1. The molecule has 2 saturated heterocycles. The van der Waals surface area contributed by atoms with Gasteiger partial charge in [0, 0.05) is 37.7 Å². The second kappa shape index (κ2) is 12.0. The van der Waals surface area contributed by atoms with Crippen LogP contribution in [0.1, 0.15) is 35.8 Å². The second-order valence-electron chi connectivity index (χ2n) is 11.3. The average molecular weight is 571 g/mol. The maximum atomic E-state index is 13.8. The Bertz CT molecular complexity index is 1540. The molecule has 2 fully saturated rings. The molecule has 218 valence electrons. The molecule has 0 N–H and O–H groups in total. The Morgan fingerprint density at radius 2 is 2.00 bits per heavy atom. The van der Waals surface area contributed by atoms with Gasteiger partial charge >= 0.3 is 6.01 Å². The molecule has 3 atom stereocenters. The molecule has 2 aromatic carbocycles. The van der Waals surface area contributed by atoms with E-state index < -0.39 is 17.8 Å². The van der Waals surface area contributed by atoms with Gasteiger partial charge in [0.25, 0.3) is 5.91 Å². The van der Waals surface area contributed by atoms with Crippen molar-refractivity contribution in [1.82, 2.24) is 19.8 Å². The number of rotatable bonds is 7. The highest BCUT2D eigenvalue weighted by Crippen LogP contribution is 2.38. The molecular weight excluding hydrogens is 535 g/mol. The number of likely N-dealkylation sites (N-methyl/N-ethyl adjacent to an activating group) is 1. The van der Waals surface area contributed by atoms with Crippen LogP contribution in [0.25, 0.3) is 15.6 Å². The van der Waals surface area contributed by atoms with Crippen LogP contribution in [0.3, 0.4) is 0 Å². The molecule has 3 aliphatic heterocycles. The van der Waals surface area contributed by atoms with E-state index in [1.54, 1.807) is 0 Å². The zero-order valence-electron chi connectivity index (χ0n) is 23.8. The minimum atomic E-state index is -1.02. The Kier molecular flexibility index (Phi) is 8.05. The summed E-state index contributed by atoms with van der Waals surface area (Å²) < 4.78 is 26.5. The number of carbonyl (C=O) groups is 1. The summed E-state index contributed by atoms with van der Waals surface area (Å²) in [5.74, 6) is -1.09. The zero-order valence-corrected chi connectivity index (χ0v) is 23.8. The van der Waals surface area contributed by atoms with Crippen LogP contribution in [0.15, 0.2) is 54.9 Å². The summed E-state index contributed by atoms with van der Waals surface area (Å²) in [6.07, 6.45) is 2.59. The van der Waals surface area contributed by atoms with Crippen LogP contribution < -0.4 is 9.64 Å². The monoisotopic (exact) mass is 570 g/mol. The summed E-state index contributed by atoms with van der Waals surface area (Å²) in [6.45, 7) is 13.5. The number of anilines is 1. The van der Waals surface area contributed by atoms with Gasteiger partial charge in [0.15, 0.2) is 5.83 Å². The van der Waals surface area contributed by atoms with Gasteiger partial charge in [-0.25, -0.2) is 11.0 Å². The van der Waals surface area contributed by atoms with E-state index in [4.69, 9.17) is 26.0 Å². The average Bonchev–Trinajstić information content (AvgIpc) is 3.43. The maximum Gasteiger partial charge on any atom is 0.318 e. The molecule has 9 nitrogen and oxygen atoms in total. The van der Waals surface area contributed by atoms with Crippen molar-refractivity contribution in [2.45, 2.75) is 44.1 Å². The van der Waals surface area contributed by atoms with E-state index in [0.29, 0.717) is 50.6 Å². The van der Waals surface area contributed by atoms with Gasteiger partial charge in [0.1, 0.15) is 18.5 Å². The number of nitrogens with zero attached hydrogens (tertiary/aromatic N) is 6. The molecule has 1 aromatic heterocycles. The molecular formula is C32H35FN6O3. The van der Waals surface area contributed by atoms with E-state index in [0.717, 1.165) is 47.0 Å². The van der Waals surface area contributed by atoms with Gasteiger partial charge in [0.05, 0.1) is 18.4 Å². The van der Waals surface area contributed by atoms with Gasteiger partial charge in [-0.3, -0.25) is 4.79 Å². The van der Waals surface area contributed by atoms with Gasteiger partial charge in [-0.1, -0.05) is 49.0 Å². The fraction of sp³-hybridized carbons (Fsp3) is 0.438. The number of likely N-dealkylation sites (tertiary alicyclic amines) is 1. The van der Waals surface area contributed by atoms with Crippen LogP contribution >= 0.6 is 0 Å². The predicted molar refractivity (Wildman–Crippen MR) is 158 cm³/mol. The van der Waals surface area contributed by atoms with Gasteiger partial charge < -0.3 is 29.0 Å². The van der Waals surface area contributed by atoms with Gasteiger partial charge in [-0.15, -0.1) is 0 Å². The Morgan fingerprint density at radius 3 is 2.79 bits per heavy atom. The number of carbonyl (C=O) groups excluding carboxylic acids is 1. The normalized spacial score (nSPS) is 22.5. The van der Waals surface area contributed by atoms with Crippen LogP contribution in [0.5, 0.6) is 6.01 Å². The number of hydrogen-bond acceptors (Lipinski definition) is 7. The first kappa shape index (κ1) is 28.1. The summed E-state index contributed by atoms with van der Waals surface area (Å²) in [5.41, 5.74) is 2.87. The predicted octanol–water partition coefficient (Wildman–Crippen LogP) is 4.34. The summed E-state index contributed by atoms with van der Waals surface area (Å²) in [5, 5.41) is 2.31. The third-order valence-electron chi connectivity index (χ3n) is 8.68. The fourth-order valence-corrected chi connectivity index (χ4v) is 6.38. The molecule has 0 saturated carbocycles. The van der Waals surface area contributed by atoms with Crippen LogP contribution in [-0.4, -0.2) is 84.1 Å². The first-order valence-electron chi connectivity index (χ1n) is 14.5. The number of aromatic nitrogens is 2. The SMILES string of the molecule is [C-]#[N+]C[C@H]1CN(c2nc(OC[C@@H]3CCCN3C)nc3c2COC(c2cccc4ccccc24)C3)CCN1C(=O)C(=C)F. The molecule has 0 spiro atoms. The van der Waals surface area contributed by atoms with E-state index in [9.17, 15) is 9.18 Å². The number of fused-ring (bicyclic) bond motifs is 2. The van der Waals surface area contributed by atoms with E-state index in [1.165, 1.54) is 4.90 Å². The van der Waals surface area contributed by atoms with Crippen LogP contribution in [-0.2, 0) is 22.6 Å². The quantitative estimate of drug-likeness (QED) is 0.309. The van der Waals surface area contributed by atoms with Crippen molar-refractivity contribution in [1.29, 1.82) is 0 Å². The number of halogens is 1. The highest BCUT2D eigenvalue weighted by molar-refractivity contribution is 5.91. The van der Waals surface area contributed by atoms with Crippen molar-refractivity contribution < 1.29 is 18.7 Å². The molecule has 4 heterocycles. The second-order valence-corrected chi connectivity index (χ2v) is 11.3. The zero-order chi connectivity index (χ0) is 29.2. The Hall–Kier alpha value is -4.07. The van der Waals surface area contributed by atoms with Crippen LogP contribution in [0, 0.1) is 6.57 Å².